The molecule has 2 atom stereocenters. The van der Waals surface area contributed by atoms with E-state index in [1.807, 2.05) is 37.3 Å². The number of amides is 1. The van der Waals surface area contributed by atoms with Gasteiger partial charge >= 0.3 is 0 Å². The normalized spacial score (nSPS) is 19.9. The molecule has 0 aromatic heterocycles. The molecule has 0 aliphatic carbocycles. The van der Waals surface area contributed by atoms with Crippen molar-refractivity contribution in [3.05, 3.63) is 35.9 Å². The van der Waals surface area contributed by atoms with Crippen LogP contribution in [0.5, 0.6) is 0 Å². The van der Waals surface area contributed by atoms with E-state index in [0.717, 1.165) is 12.0 Å². The number of sulfonamides is 1. The first-order chi connectivity index (χ1) is 11.4. The van der Waals surface area contributed by atoms with Gasteiger partial charge in [0.2, 0.25) is 15.9 Å². The van der Waals surface area contributed by atoms with E-state index < -0.39 is 16.1 Å². The van der Waals surface area contributed by atoms with Crippen molar-refractivity contribution < 1.29 is 17.9 Å². The Bertz CT molecular complexity index is 633. The minimum atomic E-state index is -3.42. The number of carbonyl (C=O) groups excluding carboxylic acids is 1. The molecule has 24 heavy (non-hydrogen) atoms. The first kappa shape index (κ1) is 18.9. The van der Waals surface area contributed by atoms with Crippen LogP contribution in [0.1, 0.15) is 38.4 Å². The summed E-state index contributed by atoms with van der Waals surface area (Å²) in [5, 5.41) is 0. The van der Waals surface area contributed by atoms with Crippen LogP contribution in [0.25, 0.3) is 0 Å². The Morgan fingerprint density at radius 3 is 2.75 bits per heavy atom. The summed E-state index contributed by atoms with van der Waals surface area (Å²) in [4.78, 5) is 14.2. The van der Waals surface area contributed by atoms with E-state index in [-0.39, 0.29) is 17.8 Å². The van der Waals surface area contributed by atoms with Gasteiger partial charge in [0.1, 0.15) is 6.10 Å². The molecule has 1 unspecified atom stereocenters. The van der Waals surface area contributed by atoms with Crippen LogP contribution >= 0.6 is 0 Å². The maximum absolute atomic E-state index is 12.6. The molecular formula is C17H26N2O4S. The predicted octanol–water partition coefficient (Wildman–Crippen LogP) is 1.69. The van der Waals surface area contributed by atoms with Crippen molar-refractivity contribution in [3.63, 3.8) is 0 Å². The number of ether oxygens (including phenoxy) is 1. The van der Waals surface area contributed by atoms with Gasteiger partial charge in [0, 0.05) is 6.54 Å². The average molecular weight is 354 g/mol. The van der Waals surface area contributed by atoms with Crippen LogP contribution in [-0.4, -0.2) is 50.7 Å². The Balaban J connectivity index is 1.96. The lowest BCUT2D eigenvalue weighted by atomic mass is 10.1. The van der Waals surface area contributed by atoms with E-state index in [0.29, 0.717) is 26.1 Å². The highest BCUT2D eigenvalue weighted by molar-refractivity contribution is 7.89. The number of hydrogen-bond acceptors (Lipinski definition) is 4. The minimum Gasteiger partial charge on any atom is -0.370 e. The van der Waals surface area contributed by atoms with Gasteiger partial charge in [-0.25, -0.2) is 13.1 Å². The third-order valence-corrected chi connectivity index (χ3v) is 5.58. The molecule has 1 saturated heterocycles. The molecule has 1 aliphatic rings. The molecule has 1 fully saturated rings. The Kier molecular flexibility index (Phi) is 6.77. The molecule has 1 heterocycles. The molecular weight excluding hydrogens is 328 g/mol. The molecule has 1 aromatic rings. The SMILES string of the molecule is CCCCS(=O)(=O)N[C@H](C)C(=O)N1CCOC(c2ccccc2)C1. The summed E-state index contributed by atoms with van der Waals surface area (Å²) < 4.78 is 32.2. The molecule has 6 nitrogen and oxygen atoms in total. The van der Waals surface area contributed by atoms with Crippen molar-refractivity contribution in [1.29, 1.82) is 0 Å². The zero-order valence-electron chi connectivity index (χ0n) is 14.3. The van der Waals surface area contributed by atoms with Crippen molar-refractivity contribution in [2.24, 2.45) is 0 Å². The van der Waals surface area contributed by atoms with Crippen molar-refractivity contribution in [1.82, 2.24) is 9.62 Å². The molecule has 1 aromatic carbocycles. The Hall–Kier alpha value is -1.44. The van der Waals surface area contributed by atoms with Gasteiger partial charge in [-0.15, -0.1) is 0 Å². The lowest BCUT2D eigenvalue weighted by Crippen LogP contribution is -2.51. The highest BCUT2D eigenvalue weighted by Gasteiger charge is 2.29. The van der Waals surface area contributed by atoms with Crippen LogP contribution < -0.4 is 4.72 Å². The van der Waals surface area contributed by atoms with E-state index in [9.17, 15) is 13.2 Å². The number of hydrogen-bond donors (Lipinski definition) is 1. The molecule has 0 saturated carbocycles. The summed E-state index contributed by atoms with van der Waals surface area (Å²) >= 11 is 0. The van der Waals surface area contributed by atoms with Gasteiger partial charge in [-0.2, -0.15) is 0 Å². The number of unbranched alkanes of at least 4 members (excludes halogenated alkanes) is 1. The molecule has 0 radical (unpaired) electrons. The topological polar surface area (TPSA) is 75.7 Å². The van der Waals surface area contributed by atoms with Gasteiger partial charge in [-0.05, 0) is 18.9 Å². The maximum Gasteiger partial charge on any atom is 0.240 e. The fourth-order valence-corrected chi connectivity index (χ4v) is 4.13. The zero-order valence-corrected chi connectivity index (χ0v) is 15.1. The second kappa shape index (κ2) is 8.60. The molecule has 1 N–H and O–H groups in total. The van der Waals surface area contributed by atoms with Crippen LogP contribution in [0.15, 0.2) is 30.3 Å². The number of carbonyl (C=O) groups is 1. The van der Waals surface area contributed by atoms with E-state index in [2.05, 4.69) is 4.72 Å². The van der Waals surface area contributed by atoms with E-state index >= 15 is 0 Å². The molecule has 0 spiro atoms. The lowest BCUT2D eigenvalue weighted by molar-refractivity contribution is -0.140. The number of nitrogens with one attached hydrogen (secondary N) is 1. The predicted molar refractivity (Wildman–Crippen MR) is 93.0 cm³/mol. The van der Waals surface area contributed by atoms with Crippen molar-refractivity contribution >= 4 is 15.9 Å². The summed E-state index contributed by atoms with van der Waals surface area (Å²) in [7, 11) is -3.42. The van der Waals surface area contributed by atoms with Gasteiger partial charge in [-0.3, -0.25) is 4.79 Å². The number of rotatable bonds is 7. The fraction of sp³-hybridized carbons (Fsp3) is 0.588. The smallest absolute Gasteiger partial charge is 0.240 e. The van der Waals surface area contributed by atoms with Crippen LogP contribution in [0.2, 0.25) is 0 Å². The fourth-order valence-electron chi connectivity index (χ4n) is 2.71. The average Bonchev–Trinajstić information content (AvgIpc) is 2.60. The third kappa shape index (κ3) is 5.29. The van der Waals surface area contributed by atoms with Crippen LogP contribution in [0.4, 0.5) is 0 Å². The molecule has 1 amide bonds. The lowest BCUT2D eigenvalue weighted by Gasteiger charge is -2.34. The Morgan fingerprint density at radius 2 is 2.08 bits per heavy atom. The van der Waals surface area contributed by atoms with E-state index in [4.69, 9.17) is 4.74 Å². The molecule has 1 aliphatic heterocycles. The summed E-state index contributed by atoms with van der Waals surface area (Å²) in [6, 6.07) is 8.97. The first-order valence-electron chi connectivity index (χ1n) is 8.38. The summed E-state index contributed by atoms with van der Waals surface area (Å²) in [6.07, 6.45) is 1.21. The van der Waals surface area contributed by atoms with Gasteiger partial charge in [0.25, 0.3) is 0 Å². The van der Waals surface area contributed by atoms with E-state index in [1.54, 1.807) is 11.8 Å². The largest absolute Gasteiger partial charge is 0.370 e. The maximum atomic E-state index is 12.6. The third-order valence-electron chi connectivity index (χ3n) is 4.04. The van der Waals surface area contributed by atoms with Gasteiger partial charge < -0.3 is 9.64 Å². The van der Waals surface area contributed by atoms with Crippen LogP contribution in [-0.2, 0) is 19.6 Å². The molecule has 7 heteroatoms. The zero-order chi connectivity index (χ0) is 17.6. The van der Waals surface area contributed by atoms with Crippen LogP contribution in [0, 0.1) is 0 Å². The van der Waals surface area contributed by atoms with Crippen molar-refractivity contribution in [3.8, 4) is 0 Å². The molecule has 134 valence electrons. The first-order valence-corrected chi connectivity index (χ1v) is 10.0. The highest BCUT2D eigenvalue weighted by atomic mass is 32.2. The van der Waals surface area contributed by atoms with Gasteiger partial charge in [0.05, 0.1) is 24.9 Å². The highest BCUT2D eigenvalue weighted by Crippen LogP contribution is 2.22. The Morgan fingerprint density at radius 1 is 1.38 bits per heavy atom. The number of morpholine rings is 1. The second-order valence-corrected chi connectivity index (χ2v) is 7.94. The Labute approximate surface area is 144 Å². The molecule has 2 rings (SSSR count). The monoisotopic (exact) mass is 354 g/mol. The summed E-state index contributed by atoms with van der Waals surface area (Å²) in [6.45, 7) is 4.88. The quantitative estimate of drug-likeness (QED) is 0.808. The molecule has 0 bridgehead atoms. The van der Waals surface area contributed by atoms with Gasteiger partial charge in [-0.1, -0.05) is 43.7 Å². The standard InChI is InChI=1S/C17H26N2O4S/c1-3-4-12-24(21,22)18-14(2)17(20)19-10-11-23-16(13-19)15-8-6-5-7-9-15/h5-9,14,16,18H,3-4,10-13H2,1-2H3/t14-,16?/m1/s1. The summed E-state index contributed by atoms with van der Waals surface area (Å²) in [5.41, 5.74) is 1.02. The van der Waals surface area contributed by atoms with Gasteiger partial charge in [0.15, 0.2) is 0 Å². The number of nitrogens with zero attached hydrogens (tertiary/aromatic N) is 1. The minimum absolute atomic E-state index is 0.0525. The van der Waals surface area contributed by atoms with Crippen molar-refractivity contribution in [2.45, 2.75) is 38.8 Å². The number of benzene rings is 1. The summed E-state index contributed by atoms with van der Waals surface area (Å²) in [5.74, 6) is -0.157. The van der Waals surface area contributed by atoms with Crippen molar-refractivity contribution in [2.75, 3.05) is 25.4 Å². The second-order valence-electron chi connectivity index (χ2n) is 6.07. The van der Waals surface area contributed by atoms with E-state index in [1.165, 1.54) is 0 Å². The van der Waals surface area contributed by atoms with Crippen LogP contribution in [0.3, 0.4) is 0 Å².